The number of rotatable bonds is 7. The van der Waals surface area contributed by atoms with Gasteiger partial charge >= 0.3 is 5.97 Å². The number of halogens is 1. The van der Waals surface area contributed by atoms with Gasteiger partial charge in [-0.1, -0.05) is 18.5 Å². The van der Waals surface area contributed by atoms with Crippen molar-refractivity contribution in [3.05, 3.63) is 22.7 Å². The van der Waals surface area contributed by atoms with E-state index in [1.165, 1.54) is 0 Å². The minimum Gasteiger partial charge on any atom is -0.493 e. The van der Waals surface area contributed by atoms with Crippen LogP contribution in [0.3, 0.4) is 0 Å². The first-order chi connectivity index (χ1) is 10.6. The highest BCUT2D eigenvalue weighted by molar-refractivity contribution is 6.32. The number of methoxy groups -OCH3 is 1. The molecule has 5 nitrogen and oxygen atoms in total. The summed E-state index contributed by atoms with van der Waals surface area (Å²) in [5.41, 5.74) is 0.929. The molecule has 0 radical (unpaired) electrons. The lowest BCUT2D eigenvalue weighted by molar-refractivity contribution is -0.142. The molecule has 122 valence electrons. The van der Waals surface area contributed by atoms with E-state index >= 15 is 0 Å². The minimum atomic E-state index is -0.765. The summed E-state index contributed by atoms with van der Waals surface area (Å²) in [6.07, 6.45) is 2.48. The molecule has 0 saturated carbocycles. The van der Waals surface area contributed by atoms with Gasteiger partial charge in [0, 0.05) is 6.54 Å². The highest BCUT2D eigenvalue weighted by Crippen LogP contribution is 2.37. The second kappa shape index (κ2) is 7.70. The van der Waals surface area contributed by atoms with E-state index in [9.17, 15) is 9.90 Å². The minimum absolute atomic E-state index is 0.416. The molecule has 0 aliphatic carbocycles. The van der Waals surface area contributed by atoms with E-state index in [0.717, 1.165) is 24.9 Å². The smallest absolute Gasteiger partial charge is 0.320 e. The molecule has 0 spiro atoms. The van der Waals surface area contributed by atoms with Crippen LogP contribution in [0.4, 0.5) is 0 Å². The monoisotopic (exact) mass is 327 g/mol. The van der Waals surface area contributed by atoms with Gasteiger partial charge < -0.3 is 14.6 Å². The molecule has 1 unspecified atom stereocenters. The normalized spacial score (nSPS) is 18.4. The largest absolute Gasteiger partial charge is 0.493 e. The van der Waals surface area contributed by atoms with Gasteiger partial charge in [0.15, 0.2) is 11.5 Å². The zero-order valence-electron chi connectivity index (χ0n) is 13.0. The molecule has 1 saturated heterocycles. The van der Waals surface area contributed by atoms with Crippen molar-refractivity contribution >= 4 is 17.6 Å². The van der Waals surface area contributed by atoms with Crippen LogP contribution >= 0.6 is 11.6 Å². The number of hydrogen-bond donors (Lipinski definition) is 1. The molecule has 1 aromatic rings. The number of carboxylic acid groups (broad SMARTS) is 1. The Morgan fingerprint density at radius 2 is 2.27 bits per heavy atom. The molecule has 6 heteroatoms. The van der Waals surface area contributed by atoms with Crippen molar-refractivity contribution in [2.75, 3.05) is 20.3 Å². The number of benzene rings is 1. The standard InChI is InChI=1S/C16H22ClNO4/c1-3-7-22-15-12(17)8-11(9-14(15)21-2)10-18-6-4-5-13(18)16(19)20/h8-9,13H,3-7,10H2,1-2H3,(H,19,20). The topological polar surface area (TPSA) is 59.0 Å². The van der Waals surface area contributed by atoms with Crippen molar-refractivity contribution in [1.82, 2.24) is 4.90 Å². The third-order valence-corrected chi connectivity index (χ3v) is 4.05. The quantitative estimate of drug-likeness (QED) is 0.833. The van der Waals surface area contributed by atoms with Crippen LogP contribution in [0.1, 0.15) is 31.7 Å². The Morgan fingerprint density at radius 3 is 2.91 bits per heavy atom. The predicted octanol–water partition coefficient (Wildman–Crippen LogP) is 3.19. The Morgan fingerprint density at radius 1 is 1.50 bits per heavy atom. The Hall–Kier alpha value is -1.46. The number of hydrogen-bond acceptors (Lipinski definition) is 4. The Bertz CT molecular complexity index is 535. The lowest BCUT2D eigenvalue weighted by atomic mass is 10.1. The van der Waals surface area contributed by atoms with Gasteiger partial charge in [0.2, 0.25) is 0 Å². The number of aliphatic carboxylic acids is 1. The maximum atomic E-state index is 11.3. The van der Waals surface area contributed by atoms with Gasteiger partial charge in [0.05, 0.1) is 18.7 Å². The molecular weight excluding hydrogens is 306 g/mol. The number of likely N-dealkylation sites (tertiary alicyclic amines) is 1. The first-order valence-corrected chi connectivity index (χ1v) is 7.90. The third kappa shape index (κ3) is 3.84. The van der Waals surface area contributed by atoms with Crippen molar-refractivity contribution in [3.63, 3.8) is 0 Å². The first-order valence-electron chi connectivity index (χ1n) is 7.52. The number of carboxylic acids is 1. The number of carbonyl (C=O) groups is 1. The summed E-state index contributed by atoms with van der Waals surface area (Å²) >= 11 is 6.29. The highest BCUT2D eigenvalue weighted by Gasteiger charge is 2.30. The molecule has 1 aliphatic rings. The fraction of sp³-hybridized carbons (Fsp3) is 0.562. The lowest BCUT2D eigenvalue weighted by Gasteiger charge is -2.22. The summed E-state index contributed by atoms with van der Waals surface area (Å²) in [7, 11) is 1.57. The molecule has 1 fully saturated rings. The molecule has 0 amide bonds. The summed E-state index contributed by atoms with van der Waals surface area (Å²) in [6.45, 7) is 3.92. The summed E-state index contributed by atoms with van der Waals surface area (Å²) < 4.78 is 11.0. The fourth-order valence-corrected chi connectivity index (χ4v) is 3.03. The fourth-order valence-electron chi connectivity index (χ4n) is 2.74. The van der Waals surface area contributed by atoms with Gasteiger partial charge in [-0.25, -0.2) is 0 Å². The third-order valence-electron chi connectivity index (χ3n) is 3.77. The highest BCUT2D eigenvalue weighted by atomic mass is 35.5. The molecule has 0 aromatic heterocycles. The summed E-state index contributed by atoms with van der Waals surface area (Å²) in [6, 6.07) is 3.28. The average molecular weight is 328 g/mol. The molecule has 1 N–H and O–H groups in total. The van der Waals surface area contributed by atoms with Gasteiger partial charge in [-0.3, -0.25) is 9.69 Å². The van der Waals surface area contributed by atoms with E-state index in [2.05, 4.69) is 0 Å². The zero-order valence-corrected chi connectivity index (χ0v) is 13.7. The Labute approximate surface area is 135 Å². The van der Waals surface area contributed by atoms with Crippen LogP contribution in [-0.2, 0) is 11.3 Å². The van der Waals surface area contributed by atoms with Gasteiger partial charge in [-0.2, -0.15) is 0 Å². The van der Waals surface area contributed by atoms with E-state index in [1.54, 1.807) is 7.11 Å². The Kier molecular flexibility index (Phi) is 5.91. The van der Waals surface area contributed by atoms with Crippen molar-refractivity contribution in [2.24, 2.45) is 0 Å². The molecule has 1 heterocycles. The maximum absolute atomic E-state index is 11.3. The van der Waals surface area contributed by atoms with Crippen LogP contribution < -0.4 is 9.47 Å². The van der Waals surface area contributed by atoms with Crippen LogP contribution in [0.2, 0.25) is 5.02 Å². The van der Waals surface area contributed by atoms with Crippen LogP contribution in [0, 0.1) is 0 Å². The average Bonchev–Trinajstić information content (AvgIpc) is 2.94. The van der Waals surface area contributed by atoms with E-state index in [1.807, 2.05) is 24.0 Å². The summed E-state index contributed by atoms with van der Waals surface area (Å²) in [4.78, 5) is 13.2. The van der Waals surface area contributed by atoms with Gasteiger partial charge in [-0.05, 0) is 43.5 Å². The van der Waals surface area contributed by atoms with E-state index in [4.69, 9.17) is 21.1 Å². The number of nitrogens with zero attached hydrogens (tertiary/aromatic N) is 1. The number of ether oxygens (including phenoxy) is 2. The molecule has 1 aliphatic heterocycles. The van der Waals surface area contributed by atoms with Crippen LogP contribution in [0.5, 0.6) is 11.5 Å². The van der Waals surface area contributed by atoms with Gasteiger partial charge in [0.1, 0.15) is 6.04 Å². The van der Waals surface area contributed by atoms with Gasteiger partial charge in [0.25, 0.3) is 0 Å². The predicted molar refractivity (Wildman–Crippen MR) is 84.9 cm³/mol. The van der Waals surface area contributed by atoms with Crippen LogP contribution in [0.15, 0.2) is 12.1 Å². The summed E-state index contributed by atoms with van der Waals surface area (Å²) in [5.74, 6) is 0.367. The molecular formula is C16H22ClNO4. The van der Waals surface area contributed by atoms with Crippen molar-refractivity contribution in [2.45, 2.75) is 38.8 Å². The molecule has 2 rings (SSSR count). The van der Waals surface area contributed by atoms with E-state index in [-0.39, 0.29) is 0 Å². The second-order valence-electron chi connectivity index (χ2n) is 5.42. The van der Waals surface area contributed by atoms with Gasteiger partial charge in [-0.15, -0.1) is 0 Å². The van der Waals surface area contributed by atoms with Crippen molar-refractivity contribution in [3.8, 4) is 11.5 Å². The molecule has 22 heavy (non-hydrogen) atoms. The van der Waals surface area contributed by atoms with Crippen LogP contribution in [0.25, 0.3) is 0 Å². The second-order valence-corrected chi connectivity index (χ2v) is 5.83. The SMILES string of the molecule is CCCOc1c(Cl)cc(CN2CCCC2C(=O)O)cc1OC. The van der Waals surface area contributed by atoms with Crippen molar-refractivity contribution < 1.29 is 19.4 Å². The zero-order chi connectivity index (χ0) is 16.1. The molecule has 0 bridgehead atoms. The lowest BCUT2D eigenvalue weighted by Crippen LogP contribution is -2.35. The first kappa shape index (κ1) is 16.9. The van der Waals surface area contributed by atoms with Crippen LogP contribution in [-0.4, -0.2) is 42.3 Å². The van der Waals surface area contributed by atoms with E-state index in [0.29, 0.717) is 36.1 Å². The molecule has 1 aromatic carbocycles. The van der Waals surface area contributed by atoms with E-state index < -0.39 is 12.0 Å². The molecule has 1 atom stereocenters. The Balaban J connectivity index is 2.18. The maximum Gasteiger partial charge on any atom is 0.320 e. The van der Waals surface area contributed by atoms with Crippen molar-refractivity contribution in [1.29, 1.82) is 0 Å². The summed E-state index contributed by atoms with van der Waals surface area (Å²) in [5, 5.41) is 9.74.